The zero-order chi connectivity index (χ0) is 14.4. The van der Waals surface area contributed by atoms with Gasteiger partial charge in [0.25, 0.3) is 0 Å². The van der Waals surface area contributed by atoms with Crippen molar-refractivity contribution in [3.8, 4) is 5.75 Å². The maximum absolute atomic E-state index is 12.0. The van der Waals surface area contributed by atoms with Crippen LogP contribution in [0.1, 0.15) is 48.5 Å². The van der Waals surface area contributed by atoms with Crippen LogP contribution in [0, 0.1) is 0 Å². The lowest BCUT2D eigenvalue weighted by Crippen LogP contribution is -2.29. The third-order valence-corrected chi connectivity index (χ3v) is 3.21. The molecular weight excluding hydrogens is 258 g/mol. The lowest BCUT2D eigenvalue weighted by Gasteiger charge is -2.05. The highest BCUT2D eigenvalue weighted by Gasteiger charge is 2.16. The van der Waals surface area contributed by atoms with Crippen molar-refractivity contribution in [3.05, 3.63) is 29.3 Å². The van der Waals surface area contributed by atoms with Gasteiger partial charge in [0.05, 0.1) is 6.54 Å². The molecule has 0 saturated carbocycles. The Morgan fingerprint density at radius 2 is 2.15 bits per heavy atom. The van der Waals surface area contributed by atoms with Gasteiger partial charge < -0.3 is 10.2 Å². The molecule has 0 unspecified atom stereocenters. The summed E-state index contributed by atoms with van der Waals surface area (Å²) in [5, 5.41) is 2.65. The van der Waals surface area contributed by atoms with Gasteiger partial charge in [0.2, 0.25) is 5.91 Å². The molecule has 0 atom stereocenters. The molecule has 1 aromatic rings. The van der Waals surface area contributed by atoms with E-state index in [4.69, 9.17) is 9.78 Å². The molecule has 0 saturated heterocycles. The van der Waals surface area contributed by atoms with E-state index >= 15 is 0 Å². The van der Waals surface area contributed by atoms with Gasteiger partial charge in [0.1, 0.15) is 6.61 Å². The van der Waals surface area contributed by atoms with E-state index in [9.17, 15) is 9.59 Å². The summed E-state index contributed by atoms with van der Waals surface area (Å²) in [4.78, 5) is 33.3. The second-order valence-corrected chi connectivity index (χ2v) is 4.83. The van der Waals surface area contributed by atoms with Crippen molar-refractivity contribution in [3.63, 3.8) is 0 Å². The summed E-state index contributed by atoms with van der Waals surface area (Å²) >= 11 is 0. The molecular formula is C15H19NO4. The number of nitrogens with one attached hydrogen (secondary N) is 1. The number of Topliss-reactive ketones (excluding diaryl/α,β-unsaturated/α-hetero) is 1. The van der Waals surface area contributed by atoms with E-state index in [0.29, 0.717) is 24.3 Å². The van der Waals surface area contributed by atoms with Crippen molar-refractivity contribution in [1.29, 1.82) is 0 Å². The average molecular weight is 277 g/mol. The number of ketones is 1. The molecule has 0 radical (unpaired) electrons. The minimum atomic E-state index is -0.132. The van der Waals surface area contributed by atoms with E-state index in [2.05, 4.69) is 12.2 Å². The molecule has 1 aliphatic heterocycles. The van der Waals surface area contributed by atoms with Crippen LogP contribution in [0.25, 0.3) is 0 Å². The van der Waals surface area contributed by atoms with Gasteiger partial charge in [-0.15, -0.1) is 0 Å². The third-order valence-electron chi connectivity index (χ3n) is 3.21. The largest absolute Gasteiger partial charge is 0.349 e. The molecule has 20 heavy (non-hydrogen) atoms. The van der Waals surface area contributed by atoms with Crippen LogP contribution in [0.3, 0.4) is 0 Å². The molecule has 2 rings (SSSR count). The van der Waals surface area contributed by atoms with Crippen molar-refractivity contribution in [2.45, 2.75) is 39.2 Å². The van der Waals surface area contributed by atoms with Crippen molar-refractivity contribution in [1.82, 2.24) is 5.32 Å². The summed E-state index contributed by atoms with van der Waals surface area (Å²) in [6, 6.07) is 5.18. The monoisotopic (exact) mass is 277 g/mol. The fraction of sp³-hybridized carbons (Fsp3) is 0.467. The third kappa shape index (κ3) is 3.81. The van der Waals surface area contributed by atoms with E-state index in [1.54, 1.807) is 18.2 Å². The first-order valence-corrected chi connectivity index (χ1v) is 6.93. The van der Waals surface area contributed by atoms with Crippen molar-refractivity contribution < 1.29 is 19.4 Å². The molecule has 1 aromatic carbocycles. The van der Waals surface area contributed by atoms with Crippen molar-refractivity contribution in [2.75, 3.05) is 6.54 Å². The first kappa shape index (κ1) is 14.5. The molecule has 1 aliphatic rings. The second kappa shape index (κ2) is 7.05. The summed E-state index contributed by atoms with van der Waals surface area (Å²) in [6.45, 7) is 2.50. The number of hydrogen-bond donors (Lipinski definition) is 1. The molecule has 5 nitrogen and oxygen atoms in total. The lowest BCUT2D eigenvalue weighted by atomic mass is 10.1. The lowest BCUT2D eigenvalue weighted by molar-refractivity contribution is -0.194. The minimum Gasteiger partial charge on any atom is -0.349 e. The summed E-state index contributed by atoms with van der Waals surface area (Å²) in [5.41, 5.74) is 1.44. The maximum atomic E-state index is 12.0. The maximum Gasteiger partial charge on any atom is 0.220 e. The fourth-order valence-electron chi connectivity index (χ4n) is 1.99. The van der Waals surface area contributed by atoms with Gasteiger partial charge in [0, 0.05) is 17.5 Å². The molecule has 108 valence electrons. The van der Waals surface area contributed by atoms with Crippen LogP contribution in [-0.2, 0) is 16.3 Å². The standard InChI is InChI=1S/C15H19NO4/c1-2-3-4-5-15(18)16-9-13(17)11-6-7-12-10-19-20-14(12)8-11/h6-8H,2-5,9-10H2,1H3,(H,16,18). The highest BCUT2D eigenvalue weighted by atomic mass is 17.2. The Morgan fingerprint density at radius 3 is 2.95 bits per heavy atom. The molecule has 0 spiro atoms. The van der Waals surface area contributed by atoms with E-state index in [-0.39, 0.29) is 18.2 Å². The average Bonchev–Trinajstić information content (AvgIpc) is 2.92. The number of carbonyl (C=O) groups is 2. The number of hydrogen-bond acceptors (Lipinski definition) is 4. The van der Waals surface area contributed by atoms with E-state index < -0.39 is 0 Å². The highest BCUT2D eigenvalue weighted by molar-refractivity contribution is 5.99. The Bertz CT molecular complexity index is 499. The Balaban J connectivity index is 1.81. The normalized spacial score (nSPS) is 12.7. The number of amides is 1. The van der Waals surface area contributed by atoms with Gasteiger partial charge in [-0.3, -0.25) is 9.59 Å². The Kier molecular flexibility index (Phi) is 5.12. The van der Waals surface area contributed by atoms with Crippen LogP contribution >= 0.6 is 0 Å². The summed E-state index contributed by atoms with van der Waals surface area (Å²) in [6.07, 6.45) is 3.44. The molecule has 0 bridgehead atoms. The quantitative estimate of drug-likeness (QED) is 0.472. The molecule has 0 aromatic heterocycles. The summed E-state index contributed by atoms with van der Waals surface area (Å²) < 4.78 is 0. The van der Waals surface area contributed by atoms with E-state index in [1.165, 1.54) is 0 Å². The van der Waals surface area contributed by atoms with Crippen LogP contribution in [0.4, 0.5) is 0 Å². The molecule has 5 heteroatoms. The van der Waals surface area contributed by atoms with Gasteiger partial charge in [-0.1, -0.05) is 31.9 Å². The predicted octanol–water partition coefficient (Wildman–Crippen LogP) is 2.39. The first-order chi connectivity index (χ1) is 9.70. The Morgan fingerprint density at radius 1 is 1.30 bits per heavy atom. The smallest absolute Gasteiger partial charge is 0.220 e. The molecule has 1 heterocycles. The first-order valence-electron chi connectivity index (χ1n) is 6.93. The van der Waals surface area contributed by atoms with Crippen LogP contribution in [0.2, 0.25) is 0 Å². The highest BCUT2D eigenvalue weighted by Crippen LogP contribution is 2.26. The van der Waals surface area contributed by atoms with Gasteiger partial charge in [-0.2, -0.15) is 4.89 Å². The van der Waals surface area contributed by atoms with Gasteiger partial charge in [0.15, 0.2) is 11.5 Å². The molecule has 0 fully saturated rings. The predicted molar refractivity (Wildman–Crippen MR) is 73.3 cm³/mol. The van der Waals surface area contributed by atoms with Gasteiger partial charge >= 0.3 is 0 Å². The van der Waals surface area contributed by atoms with Gasteiger partial charge in [-0.05, 0) is 12.5 Å². The molecule has 0 aliphatic carbocycles. The fourth-order valence-corrected chi connectivity index (χ4v) is 1.99. The van der Waals surface area contributed by atoms with Crippen LogP contribution in [0.15, 0.2) is 18.2 Å². The van der Waals surface area contributed by atoms with Crippen LogP contribution in [-0.4, -0.2) is 18.2 Å². The summed E-state index contributed by atoms with van der Waals surface area (Å²) in [5.74, 6) is 0.366. The SMILES string of the molecule is CCCCCC(=O)NCC(=O)c1ccc2c(c1)OOC2. The topological polar surface area (TPSA) is 64.6 Å². The molecule has 1 N–H and O–H groups in total. The number of benzene rings is 1. The van der Waals surface area contributed by atoms with Crippen LogP contribution < -0.4 is 10.2 Å². The zero-order valence-corrected chi connectivity index (χ0v) is 11.6. The van der Waals surface area contributed by atoms with Crippen molar-refractivity contribution in [2.24, 2.45) is 0 Å². The van der Waals surface area contributed by atoms with E-state index in [0.717, 1.165) is 24.8 Å². The van der Waals surface area contributed by atoms with E-state index in [1.807, 2.05) is 0 Å². The zero-order valence-electron chi connectivity index (χ0n) is 11.6. The Labute approximate surface area is 118 Å². The van der Waals surface area contributed by atoms with Crippen LogP contribution in [0.5, 0.6) is 5.75 Å². The number of rotatable bonds is 7. The Hall–Kier alpha value is -1.88. The van der Waals surface area contributed by atoms with Gasteiger partial charge in [-0.25, -0.2) is 0 Å². The molecule has 1 amide bonds. The van der Waals surface area contributed by atoms with Crippen molar-refractivity contribution >= 4 is 11.7 Å². The minimum absolute atomic E-state index is 0.0185. The number of carbonyl (C=O) groups excluding carboxylic acids is 2. The number of unbranched alkanes of at least 4 members (excludes halogenated alkanes) is 2. The number of fused-ring (bicyclic) bond motifs is 1. The second-order valence-electron chi connectivity index (χ2n) is 4.83. The summed E-state index contributed by atoms with van der Waals surface area (Å²) in [7, 11) is 0.